The van der Waals surface area contributed by atoms with Crippen molar-refractivity contribution in [1.82, 2.24) is 15.6 Å². The average molecular weight is 347 g/mol. The zero-order valence-electron chi connectivity index (χ0n) is 14.7. The van der Waals surface area contributed by atoms with Gasteiger partial charge in [0.2, 0.25) is 5.91 Å². The minimum absolute atomic E-state index is 0.0278. The molecular formula is C21H21N3O2. The molecule has 3 aromatic rings. The summed E-state index contributed by atoms with van der Waals surface area (Å²) in [6, 6.07) is 19.2. The summed E-state index contributed by atoms with van der Waals surface area (Å²) >= 11 is 0. The van der Waals surface area contributed by atoms with Crippen molar-refractivity contribution in [3.63, 3.8) is 0 Å². The van der Waals surface area contributed by atoms with Gasteiger partial charge in [-0.05, 0) is 12.1 Å². The first-order chi connectivity index (χ1) is 12.7. The van der Waals surface area contributed by atoms with Crippen LogP contribution in [0.4, 0.5) is 0 Å². The summed E-state index contributed by atoms with van der Waals surface area (Å²) < 4.78 is 0. The van der Waals surface area contributed by atoms with E-state index in [0.29, 0.717) is 25.1 Å². The van der Waals surface area contributed by atoms with Crippen LogP contribution in [0, 0.1) is 0 Å². The third-order valence-electron chi connectivity index (χ3n) is 4.08. The van der Waals surface area contributed by atoms with E-state index in [1.54, 1.807) is 6.92 Å². The molecule has 2 aromatic carbocycles. The summed E-state index contributed by atoms with van der Waals surface area (Å²) in [5, 5.41) is 6.42. The van der Waals surface area contributed by atoms with Crippen molar-refractivity contribution >= 4 is 22.7 Å². The van der Waals surface area contributed by atoms with Crippen molar-refractivity contribution in [1.29, 1.82) is 0 Å². The summed E-state index contributed by atoms with van der Waals surface area (Å²) in [5.74, 6) is -0.202. The van der Waals surface area contributed by atoms with E-state index in [-0.39, 0.29) is 11.8 Å². The molecule has 0 spiro atoms. The summed E-state index contributed by atoms with van der Waals surface area (Å²) in [5.41, 5.74) is 3.07. The molecule has 0 radical (unpaired) electrons. The van der Waals surface area contributed by atoms with Crippen molar-refractivity contribution in [3.05, 3.63) is 66.2 Å². The van der Waals surface area contributed by atoms with E-state index in [2.05, 4.69) is 15.6 Å². The smallest absolute Gasteiger partial charge is 0.252 e. The topological polar surface area (TPSA) is 71.1 Å². The molecule has 2 N–H and O–H groups in total. The van der Waals surface area contributed by atoms with Crippen LogP contribution in [0.2, 0.25) is 0 Å². The lowest BCUT2D eigenvalue weighted by Gasteiger charge is -2.11. The van der Waals surface area contributed by atoms with E-state index in [1.165, 1.54) is 0 Å². The molecule has 1 heterocycles. The maximum Gasteiger partial charge on any atom is 0.252 e. The van der Waals surface area contributed by atoms with Crippen LogP contribution < -0.4 is 10.6 Å². The van der Waals surface area contributed by atoms with Crippen LogP contribution in [0.3, 0.4) is 0 Å². The van der Waals surface area contributed by atoms with Crippen LogP contribution >= 0.6 is 0 Å². The lowest BCUT2D eigenvalue weighted by atomic mass is 10.0. The number of carbonyl (C=O) groups excluding carboxylic acids is 2. The Hall–Kier alpha value is -3.21. The van der Waals surface area contributed by atoms with E-state index in [4.69, 9.17) is 0 Å². The molecule has 0 bridgehead atoms. The molecule has 2 amide bonds. The Labute approximate surface area is 152 Å². The van der Waals surface area contributed by atoms with Gasteiger partial charge in [0.05, 0.1) is 16.8 Å². The fourth-order valence-corrected chi connectivity index (χ4v) is 2.72. The second-order valence-electron chi connectivity index (χ2n) is 5.90. The molecule has 5 heteroatoms. The van der Waals surface area contributed by atoms with Gasteiger partial charge in [0.15, 0.2) is 0 Å². The van der Waals surface area contributed by atoms with Crippen LogP contribution in [0.15, 0.2) is 60.7 Å². The minimum Gasteiger partial charge on any atom is -0.354 e. The zero-order chi connectivity index (χ0) is 18.4. The molecule has 0 atom stereocenters. The molecule has 0 unspecified atom stereocenters. The van der Waals surface area contributed by atoms with E-state index < -0.39 is 0 Å². The van der Waals surface area contributed by atoms with Crippen LogP contribution in [0.1, 0.15) is 23.7 Å². The Kier molecular flexibility index (Phi) is 5.59. The fraction of sp³-hybridized carbons (Fsp3) is 0.190. The van der Waals surface area contributed by atoms with Crippen molar-refractivity contribution in [2.75, 3.05) is 13.1 Å². The average Bonchev–Trinajstić information content (AvgIpc) is 2.70. The van der Waals surface area contributed by atoms with Gasteiger partial charge in [-0.2, -0.15) is 0 Å². The van der Waals surface area contributed by atoms with Crippen molar-refractivity contribution < 1.29 is 9.59 Å². The van der Waals surface area contributed by atoms with E-state index in [9.17, 15) is 9.59 Å². The first-order valence-electron chi connectivity index (χ1n) is 8.69. The molecule has 5 nitrogen and oxygen atoms in total. The summed E-state index contributed by atoms with van der Waals surface area (Å²) in [6.45, 7) is 2.58. The number of para-hydroxylation sites is 1. The van der Waals surface area contributed by atoms with E-state index in [0.717, 1.165) is 22.2 Å². The number of amides is 2. The van der Waals surface area contributed by atoms with Gasteiger partial charge in [0, 0.05) is 30.5 Å². The van der Waals surface area contributed by atoms with Crippen molar-refractivity contribution in [2.24, 2.45) is 0 Å². The number of aromatic nitrogens is 1. The molecule has 26 heavy (non-hydrogen) atoms. The lowest BCUT2D eigenvalue weighted by molar-refractivity contribution is -0.120. The van der Waals surface area contributed by atoms with Crippen LogP contribution in [-0.4, -0.2) is 29.9 Å². The second kappa shape index (κ2) is 8.25. The fourth-order valence-electron chi connectivity index (χ4n) is 2.72. The van der Waals surface area contributed by atoms with Gasteiger partial charge in [-0.1, -0.05) is 55.5 Å². The maximum absolute atomic E-state index is 12.7. The van der Waals surface area contributed by atoms with Gasteiger partial charge >= 0.3 is 0 Å². The molecule has 0 saturated carbocycles. The SMILES string of the molecule is CCC(=O)NCCNC(=O)c1cc(-c2ccccc2)nc2ccccc12. The van der Waals surface area contributed by atoms with Gasteiger partial charge in [-0.3, -0.25) is 9.59 Å². The van der Waals surface area contributed by atoms with Crippen molar-refractivity contribution in [3.8, 4) is 11.3 Å². The first kappa shape index (κ1) is 17.6. The highest BCUT2D eigenvalue weighted by atomic mass is 16.2. The second-order valence-corrected chi connectivity index (χ2v) is 5.90. The number of rotatable bonds is 6. The number of nitrogens with one attached hydrogen (secondary N) is 2. The van der Waals surface area contributed by atoms with Gasteiger partial charge in [0.25, 0.3) is 5.91 Å². The molecule has 132 valence electrons. The maximum atomic E-state index is 12.7. The Morgan fingerprint density at radius 1 is 0.923 bits per heavy atom. The third kappa shape index (κ3) is 4.06. The molecule has 0 fully saturated rings. The number of hydrogen-bond acceptors (Lipinski definition) is 3. The van der Waals surface area contributed by atoms with E-state index in [1.807, 2.05) is 60.7 Å². The molecule has 3 rings (SSSR count). The first-order valence-corrected chi connectivity index (χ1v) is 8.69. The Bertz CT molecular complexity index is 923. The van der Waals surface area contributed by atoms with Gasteiger partial charge < -0.3 is 10.6 Å². The molecule has 1 aromatic heterocycles. The normalized spacial score (nSPS) is 10.5. The number of nitrogens with zero attached hydrogens (tertiary/aromatic N) is 1. The number of hydrogen-bond donors (Lipinski definition) is 2. The summed E-state index contributed by atoms with van der Waals surface area (Å²) in [6.07, 6.45) is 0.434. The monoisotopic (exact) mass is 347 g/mol. The largest absolute Gasteiger partial charge is 0.354 e. The Morgan fingerprint density at radius 2 is 1.62 bits per heavy atom. The predicted molar refractivity (Wildman–Crippen MR) is 103 cm³/mol. The molecule has 0 aliphatic rings. The summed E-state index contributed by atoms with van der Waals surface area (Å²) in [4.78, 5) is 28.7. The van der Waals surface area contributed by atoms with Gasteiger partial charge in [0.1, 0.15) is 0 Å². The molecular weight excluding hydrogens is 326 g/mol. The molecule has 0 aliphatic carbocycles. The predicted octanol–water partition coefficient (Wildman–Crippen LogP) is 3.16. The van der Waals surface area contributed by atoms with Crippen LogP contribution in [0.5, 0.6) is 0 Å². The molecule has 0 aliphatic heterocycles. The Balaban J connectivity index is 1.86. The van der Waals surface area contributed by atoms with Gasteiger partial charge in [-0.25, -0.2) is 4.98 Å². The number of benzene rings is 2. The highest BCUT2D eigenvalue weighted by molar-refractivity contribution is 6.07. The quantitative estimate of drug-likeness (QED) is 0.673. The minimum atomic E-state index is -0.175. The van der Waals surface area contributed by atoms with Crippen LogP contribution in [0.25, 0.3) is 22.2 Å². The zero-order valence-corrected chi connectivity index (χ0v) is 14.7. The lowest BCUT2D eigenvalue weighted by Crippen LogP contribution is -2.34. The van der Waals surface area contributed by atoms with E-state index >= 15 is 0 Å². The van der Waals surface area contributed by atoms with Gasteiger partial charge in [-0.15, -0.1) is 0 Å². The standard InChI is InChI=1S/C21H21N3O2/c1-2-20(25)22-12-13-23-21(26)17-14-19(15-8-4-3-5-9-15)24-18-11-7-6-10-16(17)18/h3-11,14H,2,12-13H2,1H3,(H,22,25)(H,23,26). The third-order valence-corrected chi connectivity index (χ3v) is 4.08. The number of pyridine rings is 1. The highest BCUT2D eigenvalue weighted by Gasteiger charge is 2.13. The number of carbonyl (C=O) groups is 2. The number of fused-ring (bicyclic) bond motifs is 1. The highest BCUT2D eigenvalue weighted by Crippen LogP contribution is 2.24. The van der Waals surface area contributed by atoms with Crippen LogP contribution in [-0.2, 0) is 4.79 Å². The molecule has 0 saturated heterocycles. The van der Waals surface area contributed by atoms with Crippen molar-refractivity contribution in [2.45, 2.75) is 13.3 Å². The summed E-state index contributed by atoms with van der Waals surface area (Å²) in [7, 11) is 0. The Morgan fingerprint density at radius 3 is 2.38 bits per heavy atom.